The van der Waals surface area contributed by atoms with E-state index in [4.69, 9.17) is 0 Å². The van der Waals surface area contributed by atoms with Crippen LogP contribution in [0.25, 0.3) is 0 Å². The Balaban J connectivity index is 2.22. The first-order chi connectivity index (χ1) is 8.59. The zero-order valence-corrected chi connectivity index (χ0v) is 11.4. The third kappa shape index (κ3) is 5.80. The molecule has 0 heterocycles. The largest absolute Gasteiger partial charge is 0.354 e. The van der Waals surface area contributed by atoms with Crippen molar-refractivity contribution in [3.8, 4) is 0 Å². The third-order valence-electron chi connectivity index (χ3n) is 2.75. The fraction of sp³-hybridized carbons (Fsp3) is 0.500. The normalized spacial score (nSPS) is 12.4. The van der Waals surface area contributed by atoms with E-state index >= 15 is 0 Å². The lowest BCUT2D eigenvalue weighted by Gasteiger charge is -2.15. The van der Waals surface area contributed by atoms with Gasteiger partial charge < -0.3 is 15.5 Å². The summed E-state index contributed by atoms with van der Waals surface area (Å²) in [4.78, 5) is 13.6. The van der Waals surface area contributed by atoms with E-state index in [1.165, 1.54) is 5.56 Å². The summed E-state index contributed by atoms with van der Waals surface area (Å²) < 4.78 is 0. The van der Waals surface area contributed by atoms with E-state index in [2.05, 4.69) is 29.7 Å². The van der Waals surface area contributed by atoms with E-state index < -0.39 is 0 Å². The summed E-state index contributed by atoms with van der Waals surface area (Å²) in [6.45, 7) is 3.96. The van der Waals surface area contributed by atoms with Gasteiger partial charge in [-0.15, -0.1) is 0 Å². The molecule has 1 aromatic carbocycles. The maximum Gasteiger partial charge on any atom is 0.234 e. The number of nitrogens with one attached hydrogen (secondary N) is 2. The van der Waals surface area contributed by atoms with Gasteiger partial charge in [-0.05, 0) is 26.6 Å². The molecular formula is C14H23N3O. The molecule has 0 aliphatic carbocycles. The van der Waals surface area contributed by atoms with Crippen molar-refractivity contribution >= 4 is 5.91 Å². The number of benzene rings is 1. The molecule has 2 N–H and O–H groups in total. The Morgan fingerprint density at radius 1 is 1.28 bits per heavy atom. The third-order valence-corrected chi connectivity index (χ3v) is 2.75. The SMILES string of the molecule is CC(NCC(=O)NCCN(C)C)c1ccccc1. The van der Waals surface area contributed by atoms with Gasteiger partial charge in [0.25, 0.3) is 0 Å². The van der Waals surface area contributed by atoms with Crippen LogP contribution in [0.15, 0.2) is 30.3 Å². The fourth-order valence-electron chi connectivity index (χ4n) is 1.59. The summed E-state index contributed by atoms with van der Waals surface area (Å²) in [6.07, 6.45) is 0. The molecule has 1 amide bonds. The summed E-state index contributed by atoms with van der Waals surface area (Å²) in [6, 6.07) is 10.3. The zero-order chi connectivity index (χ0) is 13.4. The molecule has 0 fully saturated rings. The molecule has 0 aromatic heterocycles. The van der Waals surface area contributed by atoms with Gasteiger partial charge in [0, 0.05) is 19.1 Å². The van der Waals surface area contributed by atoms with E-state index in [1.807, 2.05) is 37.2 Å². The maximum atomic E-state index is 11.6. The van der Waals surface area contributed by atoms with Crippen molar-refractivity contribution in [2.45, 2.75) is 13.0 Å². The maximum absolute atomic E-state index is 11.6. The second kappa shape index (κ2) is 7.84. The number of carbonyl (C=O) groups excluding carboxylic acids is 1. The number of hydrogen-bond acceptors (Lipinski definition) is 3. The molecule has 0 saturated heterocycles. The van der Waals surface area contributed by atoms with Crippen LogP contribution >= 0.6 is 0 Å². The second-order valence-electron chi connectivity index (χ2n) is 4.67. The molecular weight excluding hydrogens is 226 g/mol. The van der Waals surface area contributed by atoms with Crippen molar-refractivity contribution in [3.63, 3.8) is 0 Å². The number of rotatable bonds is 7. The Kier molecular flexibility index (Phi) is 6.39. The highest BCUT2D eigenvalue weighted by Crippen LogP contribution is 2.10. The van der Waals surface area contributed by atoms with Gasteiger partial charge in [-0.3, -0.25) is 4.79 Å². The molecule has 1 atom stereocenters. The van der Waals surface area contributed by atoms with Gasteiger partial charge in [0.2, 0.25) is 5.91 Å². The Hall–Kier alpha value is -1.39. The minimum absolute atomic E-state index is 0.0413. The smallest absolute Gasteiger partial charge is 0.234 e. The molecule has 0 spiro atoms. The Morgan fingerprint density at radius 3 is 2.56 bits per heavy atom. The second-order valence-corrected chi connectivity index (χ2v) is 4.67. The van der Waals surface area contributed by atoms with E-state index in [-0.39, 0.29) is 11.9 Å². The van der Waals surface area contributed by atoms with Crippen LogP contribution in [0.5, 0.6) is 0 Å². The molecule has 4 nitrogen and oxygen atoms in total. The molecule has 18 heavy (non-hydrogen) atoms. The van der Waals surface area contributed by atoms with Gasteiger partial charge in [0.15, 0.2) is 0 Å². The molecule has 1 unspecified atom stereocenters. The van der Waals surface area contributed by atoms with Gasteiger partial charge in [-0.25, -0.2) is 0 Å². The van der Waals surface area contributed by atoms with Gasteiger partial charge in [0.05, 0.1) is 6.54 Å². The molecule has 1 rings (SSSR count). The number of amides is 1. The first-order valence-electron chi connectivity index (χ1n) is 6.29. The van der Waals surface area contributed by atoms with Crippen molar-refractivity contribution in [2.24, 2.45) is 0 Å². The van der Waals surface area contributed by atoms with Crippen molar-refractivity contribution in [3.05, 3.63) is 35.9 Å². The number of hydrogen-bond donors (Lipinski definition) is 2. The average molecular weight is 249 g/mol. The highest BCUT2D eigenvalue weighted by molar-refractivity contribution is 5.78. The minimum atomic E-state index is 0.0413. The summed E-state index contributed by atoms with van der Waals surface area (Å²) in [5.74, 6) is 0.0413. The number of likely N-dealkylation sites (N-methyl/N-ethyl adjacent to an activating group) is 1. The van der Waals surface area contributed by atoms with Crippen LogP contribution in [0.4, 0.5) is 0 Å². The van der Waals surface area contributed by atoms with E-state index in [1.54, 1.807) is 0 Å². The minimum Gasteiger partial charge on any atom is -0.354 e. The average Bonchev–Trinajstić information content (AvgIpc) is 2.36. The quantitative estimate of drug-likeness (QED) is 0.758. The van der Waals surface area contributed by atoms with Crippen molar-refractivity contribution < 1.29 is 4.79 Å². The Bertz CT molecular complexity index is 351. The zero-order valence-electron chi connectivity index (χ0n) is 11.4. The highest BCUT2D eigenvalue weighted by Gasteiger charge is 2.06. The Labute approximate surface area is 109 Å². The lowest BCUT2D eigenvalue weighted by Crippen LogP contribution is -2.38. The van der Waals surface area contributed by atoms with Crippen LogP contribution < -0.4 is 10.6 Å². The predicted octanol–water partition coefficient (Wildman–Crippen LogP) is 1.02. The van der Waals surface area contributed by atoms with Gasteiger partial charge in [0.1, 0.15) is 0 Å². The molecule has 100 valence electrons. The van der Waals surface area contributed by atoms with Crippen LogP contribution in [-0.4, -0.2) is 44.5 Å². The molecule has 1 aromatic rings. The molecule has 0 aliphatic rings. The lowest BCUT2D eigenvalue weighted by molar-refractivity contribution is -0.120. The van der Waals surface area contributed by atoms with Crippen molar-refractivity contribution in [1.82, 2.24) is 15.5 Å². The van der Waals surface area contributed by atoms with E-state index in [9.17, 15) is 4.79 Å². The summed E-state index contributed by atoms with van der Waals surface area (Å²) in [7, 11) is 3.98. The van der Waals surface area contributed by atoms with Crippen LogP contribution in [0.2, 0.25) is 0 Å². The monoisotopic (exact) mass is 249 g/mol. The van der Waals surface area contributed by atoms with Gasteiger partial charge in [-0.2, -0.15) is 0 Å². The summed E-state index contributed by atoms with van der Waals surface area (Å²) in [5, 5.41) is 6.09. The van der Waals surface area contributed by atoms with Crippen molar-refractivity contribution in [1.29, 1.82) is 0 Å². The first kappa shape index (κ1) is 14.7. The molecule has 0 aliphatic heterocycles. The van der Waals surface area contributed by atoms with Crippen LogP contribution in [0.3, 0.4) is 0 Å². The van der Waals surface area contributed by atoms with E-state index in [0.717, 1.165) is 6.54 Å². The van der Waals surface area contributed by atoms with Gasteiger partial charge in [-0.1, -0.05) is 30.3 Å². The molecule has 0 bridgehead atoms. The highest BCUT2D eigenvalue weighted by atomic mass is 16.1. The Morgan fingerprint density at radius 2 is 1.94 bits per heavy atom. The number of nitrogens with zero attached hydrogens (tertiary/aromatic N) is 1. The topological polar surface area (TPSA) is 44.4 Å². The molecule has 0 radical (unpaired) electrons. The fourth-order valence-corrected chi connectivity index (χ4v) is 1.59. The van der Waals surface area contributed by atoms with Crippen molar-refractivity contribution in [2.75, 3.05) is 33.7 Å². The first-order valence-corrected chi connectivity index (χ1v) is 6.29. The van der Waals surface area contributed by atoms with Crippen LogP contribution in [0.1, 0.15) is 18.5 Å². The summed E-state index contributed by atoms with van der Waals surface area (Å²) in [5.41, 5.74) is 1.19. The number of carbonyl (C=O) groups is 1. The lowest BCUT2D eigenvalue weighted by atomic mass is 10.1. The molecule has 4 heteroatoms. The van der Waals surface area contributed by atoms with Gasteiger partial charge >= 0.3 is 0 Å². The molecule has 0 saturated carbocycles. The predicted molar refractivity (Wildman–Crippen MR) is 74.4 cm³/mol. The summed E-state index contributed by atoms with van der Waals surface area (Å²) >= 11 is 0. The van der Waals surface area contributed by atoms with E-state index in [0.29, 0.717) is 13.1 Å². The van der Waals surface area contributed by atoms with Crippen LogP contribution in [-0.2, 0) is 4.79 Å². The van der Waals surface area contributed by atoms with Crippen LogP contribution in [0, 0.1) is 0 Å². The standard InChI is InChI=1S/C14H23N3O/c1-12(13-7-5-4-6-8-13)16-11-14(18)15-9-10-17(2)3/h4-8,12,16H,9-11H2,1-3H3,(H,15,18).